The summed E-state index contributed by atoms with van der Waals surface area (Å²) in [7, 11) is 0. The van der Waals surface area contributed by atoms with E-state index < -0.39 is 0 Å². The first kappa shape index (κ1) is 15.0. The lowest BCUT2D eigenvalue weighted by molar-refractivity contribution is -0.119. The molecule has 0 aliphatic carbocycles. The van der Waals surface area contributed by atoms with Crippen molar-refractivity contribution in [1.82, 2.24) is 5.32 Å². The Hall–Kier alpha value is -0.390. The molecule has 0 bridgehead atoms. The van der Waals surface area contributed by atoms with Crippen LogP contribution in [0.2, 0.25) is 0 Å². The highest BCUT2D eigenvalue weighted by Crippen LogP contribution is 2.27. The molecule has 1 heterocycles. The zero-order valence-electron chi connectivity index (χ0n) is 10.9. The molecule has 5 heteroatoms. The van der Waals surface area contributed by atoms with Gasteiger partial charge in [-0.25, -0.2) is 0 Å². The van der Waals surface area contributed by atoms with E-state index in [1.807, 2.05) is 18.2 Å². The van der Waals surface area contributed by atoms with Crippen molar-refractivity contribution in [3.63, 3.8) is 0 Å². The topological polar surface area (TPSA) is 41.1 Å². The number of rotatable bonds is 3. The molecule has 1 aliphatic rings. The van der Waals surface area contributed by atoms with E-state index in [0.717, 1.165) is 34.0 Å². The van der Waals surface area contributed by atoms with Gasteiger partial charge in [0, 0.05) is 8.95 Å². The maximum Gasteiger partial charge on any atom is 0.241 e. The standard InChI is InChI=1S/C14H18Br2N2O/c1-2-9-5-6-17-13(7-9)14(19)18-12-8-10(15)3-4-11(12)16/h3-4,8-9,13,17H,2,5-7H2,1H3,(H,18,19). The monoisotopic (exact) mass is 388 g/mol. The van der Waals surface area contributed by atoms with Crippen LogP contribution < -0.4 is 10.6 Å². The van der Waals surface area contributed by atoms with Crippen LogP contribution >= 0.6 is 31.9 Å². The molecule has 1 aliphatic heterocycles. The van der Waals surface area contributed by atoms with Crippen LogP contribution in [0.4, 0.5) is 5.69 Å². The molecule has 0 aromatic heterocycles. The van der Waals surface area contributed by atoms with Crippen molar-refractivity contribution in [2.75, 3.05) is 11.9 Å². The van der Waals surface area contributed by atoms with Gasteiger partial charge >= 0.3 is 0 Å². The quantitative estimate of drug-likeness (QED) is 0.822. The summed E-state index contributed by atoms with van der Waals surface area (Å²) in [6.45, 7) is 3.12. The minimum atomic E-state index is -0.0791. The van der Waals surface area contributed by atoms with Crippen molar-refractivity contribution in [3.8, 4) is 0 Å². The molecule has 2 rings (SSSR count). The molecule has 19 heavy (non-hydrogen) atoms. The Labute approximate surface area is 130 Å². The van der Waals surface area contributed by atoms with Crippen molar-refractivity contribution in [1.29, 1.82) is 0 Å². The number of carbonyl (C=O) groups excluding carboxylic acids is 1. The second-order valence-electron chi connectivity index (χ2n) is 4.92. The van der Waals surface area contributed by atoms with Crippen LogP contribution in [0.5, 0.6) is 0 Å². The average Bonchev–Trinajstić information content (AvgIpc) is 2.43. The Bertz CT molecular complexity index is 465. The fourth-order valence-corrected chi connectivity index (χ4v) is 3.09. The van der Waals surface area contributed by atoms with Gasteiger partial charge in [-0.1, -0.05) is 29.3 Å². The van der Waals surface area contributed by atoms with Crippen molar-refractivity contribution in [2.45, 2.75) is 32.2 Å². The second kappa shape index (κ2) is 6.86. The average molecular weight is 390 g/mol. The van der Waals surface area contributed by atoms with Crippen LogP contribution in [-0.4, -0.2) is 18.5 Å². The zero-order valence-corrected chi connectivity index (χ0v) is 14.1. The number of carbonyl (C=O) groups is 1. The number of anilines is 1. The molecule has 2 unspecified atom stereocenters. The number of halogens is 2. The van der Waals surface area contributed by atoms with Crippen molar-refractivity contribution in [2.24, 2.45) is 5.92 Å². The molecule has 1 saturated heterocycles. The predicted molar refractivity (Wildman–Crippen MR) is 85.3 cm³/mol. The third kappa shape index (κ3) is 4.04. The van der Waals surface area contributed by atoms with Gasteiger partial charge < -0.3 is 10.6 Å². The van der Waals surface area contributed by atoms with E-state index >= 15 is 0 Å². The molecule has 1 amide bonds. The third-order valence-corrected chi connectivity index (χ3v) is 4.78. The van der Waals surface area contributed by atoms with Crippen LogP contribution in [0.15, 0.2) is 27.1 Å². The van der Waals surface area contributed by atoms with E-state index in [1.54, 1.807) is 0 Å². The van der Waals surface area contributed by atoms with Crippen LogP contribution in [0.25, 0.3) is 0 Å². The number of hydrogen-bond acceptors (Lipinski definition) is 2. The lowest BCUT2D eigenvalue weighted by Crippen LogP contribution is -2.46. The minimum Gasteiger partial charge on any atom is -0.324 e. The van der Waals surface area contributed by atoms with Gasteiger partial charge in [0.1, 0.15) is 0 Å². The van der Waals surface area contributed by atoms with Gasteiger partial charge in [-0.05, 0) is 59.4 Å². The van der Waals surface area contributed by atoms with Crippen molar-refractivity contribution >= 4 is 43.5 Å². The molecule has 0 saturated carbocycles. The smallest absolute Gasteiger partial charge is 0.241 e. The summed E-state index contributed by atoms with van der Waals surface area (Å²) in [6.07, 6.45) is 3.24. The van der Waals surface area contributed by atoms with Gasteiger partial charge in [-0.15, -0.1) is 0 Å². The fourth-order valence-electron chi connectivity index (χ4n) is 2.38. The zero-order chi connectivity index (χ0) is 13.8. The van der Waals surface area contributed by atoms with Gasteiger partial charge in [0.05, 0.1) is 11.7 Å². The molecule has 104 valence electrons. The van der Waals surface area contributed by atoms with Crippen LogP contribution in [0, 0.1) is 5.92 Å². The van der Waals surface area contributed by atoms with E-state index in [2.05, 4.69) is 49.4 Å². The minimum absolute atomic E-state index is 0.0527. The van der Waals surface area contributed by atoms with Crippen LogP contribution in [0.3, 0.4) is 0 Å². The molecule has 3 nitrogen and oxygen atoms in total. The van der Waals surface area contributed by atoms with E-state index in [0.29, 0.717) is 5.92 Å². The molecular weight excluding hydrogens is 372 g/mol. The Kier molecular flexibility index (Phi) is 5.42. The Morgan fingerprint density at radius 1 is 1.47 bits per heavy atom. The molecule has 0 spiro atoms. The highest BCUT2D eigenvalue weighted by molar-refractivity contribution is 9.11. The molecule has 2 N–H and O–H groups in total. The SMILES string of the molecule is CCC1CCNC(C(=O)Nc2cc(Br)ccc2Br)C1. The number of amides is 1. The summed E-state index contributed by atoms with van der Waals surface area (Å²) in [4.78, 5) is 12.3. The number of benzene rings is 1. The summed E-state index contributed by atoms with van der Waals surface area (Å²) in [5.41, 5.74) is 0.805. The maximum absolute atomic E-state index is 12.3. The van der Waals surface area contributed by atoms with Crippen LogP contribution in [-0.2, 0) is 4.79 Å². The fraction of sp³-hybridized carbons (Fsp3) is 0.500. The first-order valence-corrected chi connectivity index (χ1v) is 8.18. The highest BCUT2D eigenvalue weighted by Gasteiger charge is 2.26. The molecular formula is C14H18Br2N2O. The van der Waals surface area contributed by atoms with Gasteiger partial charge in [0.25, 0.3) is 0 Å². The number of hydrogen-bond donors (Lipinski definition) is 2. The summed E-state index contributed by atoms with van der Waals surface area (Å²) in [5.74, 6) is 0.708. The number of piperidine rings is 1. The summed E-state index contributed by atoms with van der Waals surface area (Å²) in [6, 6.07) is 5.68. The van der Waals surface area contributed by atoms with Gasteiger partial charge in [0.15, 0.2) is 0 Å². The Morgan fingerprint density at radius 3 is 3.00 bits per heavy atom. The van der Waals surface area contributed by atoms with Crippen LogP contribution in [0.1, 0.15) is 26.2 Å². The molecule has 0 radical (unpaired) electrons. The normalized spacial score (nSPS) is 23.1. The van der Waals surface area contributed by atoms with Crippen molar-refractivity contribution in [3.05, 3.63) is 27.1 Å². The summed E-state index contributed by atoms with van der Waals surface area (Å²) < 4.78 is 1.85. The molecule has 1 fully saturated rings. The first-order valence-electron chi connectivity index (χ1n) is 6.59. The predicted octanol–water partition coefficient (Wildman–Crippen LogP) is 3.93. The molecule has 2 atom stereocenters. The lowest BCUT2D eigenvalue weighted by atomic mass is 9.90. The first-order chi connectivity index (χ1) is 9.10. The summed E-state index contributed by atoms with van der Waals surface area (Å²) in [5, 5.41) is 6.29. The summed E-state index contributed by atoms with van der Waals surface area (Å²) >= 11 is 6.87. The second-order valence-corrected chi connectivity index (χ2v) is 6.69. The molecule has 1 aromatic carbocycles. The highest BCUT2D eigenvalue weighted by atomic mass is 79.9. The Balaban J connectivity index is 2.02. The van der Waals surface area contributed by atoms with E-state index in [9.17, 15) is 4.79 Å². The largest absolute Gasteiger partial charge is 0.324 e. The van der Waals surface area contributed by atoms with E-state index in [4.69, 9.17) is 0 Å². The third-order valence-electron chi connectivity index (χ3n) is 3.59. The van der Waals surface area contributed by atoms with E-state index in [1.165, 1.54) is 6.42 Å². The lowest BCUT2D eigenvalue weighted by Gasteiger charge is -2.29. The van der Waals surface area contributed by atoms with Gasteiger partial charge in [-0.2, -0.15) is 0 Å². The van der Waals surface area contributed by atoms with E-state index in [-0.39, 0.29) is 11.9 Å². The number of nitrogens with one attached hydrogen (secondary N) is 2. The van der Waals surface area contributed by atoms with Gasteiger partial charge in [0.2, 0.25) is 5.91 Å². The van der Waals surface area contributed by atoms with Gasteiger partial charge in [-0.3, -0.25) is 4.79 Å². The maximum atomic E-state index is 12.3. The molecule has 1 aromatic rings. The van der Waals surface area contributed by atoms with Crippen molar-refractivity contribution < 1.29 is 4.79 Å². The Morgan fingerprint density at radius 2 is 2.26 bits per heavy atom.